The number of hydrogen-bond acceptors (Lipinski definition) is 7. The van der Waals surface area contributed by atoms with Crippen LogP contribution in [-0.2, 0) is 9.59 Å². The van der Waals surface area contributed by atoms with E-state index < -0.39 is 16.1 Å². The van der Waals surface area contributed by atoms with Gasteiger partial charge in [0, 0.05) is 25.6 Å². The van der Waals surface area contributed by atoms with Crippen molar-refractivity contribution in [3.8, 4) is 0 Å². The molecule has 1 unspecified atom stereocenters. The average Bonchev–Trinajstić information content (AvgIpc) is 3.01. The molecule has 1 heterocycles. The topological polar surface area (TPSA) is 125 Å². The van der Waals surface area contributed by atoms with Crippen LogP contribution in [0.5, 0.6) is 0 Å². The maximum Gasteiger partial charge on any atom is 0.292 e. The van der Waals surface area contributed by atoms with Gasteiger partial charge in [-0.25, -0.2) is 4.99 Å². The molecule has 2 N–H and O–H groups in total. The van der Waals surface area contributed by atoms with Crippen molar-refractivity contribution in [2.24, 2.45) is 4.99 Å². The Bertz CT molecular complexity index is 967. The molecule has 0 radical (unpaired) electrons. The number of para-hydroxylation sites is 3. The first-order valence-corrected chi connectivity index (χ1v) is 10.1. The van der Waals surface area contributed by atoms with Gasteiger partial charge in [0.1, 0.15) is 10.9 Å². The van der Waals surface area contributed by atoms with Gasteiger partial charge >= 0.3 is 0 Å². The number of carbonyl (C=O) groups excluding carboxylic acids is 2. The molecule has 0 spiro atoms. The predicted molar refractivity (Wildman–Crippen MR) is 115 cm³/mol. The molecule has 10 heteroatoms. The van der Waals surface area contributed by atoms with Gasteiger partial charge in [0.15, 0.2) is 5.17 Å². The number of anilines is 1. The fourth-order valence-electron chi connectivity index (χ4n) is 2.88. The molecular weight excluding hydrogens is 408 g/mol. The second-order valence-electron chi connectivity index (χ2n) is 6.43. The van der Waals surface area contributed by atoms with Crippen LogP contribution in [0.15, 0.2) is 59.6 Å². The molecule has 156 valence electrons. The number of carbonyl (C=O) groups is 2. The van der Waals surface area contributed by atoms with Gasteiger partial charge in [0.05, 0.1) is 10.6 Å². The van der Waals surface area contributed by atoms with Gasteiger partial charge in [-0.15, -0.1) is 0 Å². The van der Waals surface area contributed by atoms with Crippen molar-refractivity contribution in [1.29, 1.82) is 0 Å². The van der Waals surface area contributed by atoms with E-state index in [1.807, 2.05) is 18.2 Å². The number of thioether (sulfide) groups is 1. The molecule has 30 heavy (non-hydrogen) atoms. The lowest BCUT2D eigenvalue weighted by Crippen LogP contribution is -2.34. The fraction of sp³-hybridized carbons (Fsp3) is 0.250. The normalized spacial score (nSPS) is 17.4. The largest absolute Gasteiger partial charge is 0.396 e. The van der Waals surface area contributed by atoms with Crippen LogP contribution in [0.25, 0.3) is 0 Å². The average molecular weight is 428 g/mol. The molecule has 9 nitrogen and oxygen atoms in total. The van der Waals surface area contributed by atoms with Crippen LogP contribution in [0, 0.1) is 10.1 Å². The summed E-state index contributed by atoms with van der Waals surface area (Å²) in [5.74, 6) is -0.779. The summed E-state index contributed by atoms with van der Waals surface area (Å²) >= 11 is 1.17. The van der Waals surface area contributed by atoms with Crippen molar-refractivity contribution < 1.29 is 19.6 Å². The van der Waals surface area contributed by atoms with E-state index in [2.05, 4.69) is 10.3 Å². The van der Waals surface area contributed by atoms with E-state index in [0.29, 0.717) is 17.3 Å². The minimum absolute atomic E-state index is 0.0735. The van der Waals surface area contributed by atoms with E-state index in [0.717, 1.165) is 0 Å². The molecule has 1 atom stereocenters. The van der Waals surface area contributed by atoms with Crippen molar-refractivity contribution in [1.82, 2.24) is 4.90 Å². The molecule has 1 saturated heterocycles. The van der Waals surface area contributed by atoms with Crippen LogP contribution in [0.3, 0.4) is 0 Å². The van der Waals surface area contributed by atoms with Crippen molar-refractivity contribution >= 4 is 45.8 Å². The summed E-state index contributed by atoms with van der Waals surface area (Å²) in [7, 11) is 0. The zero-order valence-corrected chi connectivity index (χ0v) is 16.7. The summed E-state index contributed by atoms with van der Waals surface area (Å²) in [6.45, 7) is 0.214. The number of amides is 2. The van der Waals surface area contributed by atoms with Crippen molar-refractivity contribution in [3.63, 3.8) is 0 Å². The standard InChI is InChI=1S/C20H20N4O5S/c25-12-6-11-23-19(27)17(30-20(23)21-14-7-2-1-3-8-14)13-18(26)22-15-9-4-5-10-16(15)24(28)29/h1-5,7-10,17,25H,6,11-13H2,(H,22,26). The Balaban J connectivity index is 1.74. The Morgan fingerprint density at radius 3 is 2.60 bits per heavy atom. The Morgan fingerprint density at radius 1 is 1.20 bits per heavy atom. The lowest BCUT2D eigenvalue weighted by molar-refractivity contribution is -0.383. The molecule has 0 aliphatic carbocycles. The van der Waals surface area contributed by atoms with Crippen molar-refractivity contribution in [2.45, 2.75) is 18.1 Å². The zero-order chi connectivity index (χ0) is 21.5. The van der Waals surface area contributed by atoms with Gasteiger partial charge in [-0.2, -0.15) is 0 Å². The summed E-state index contributed by atoms with van der Waals surface area (Å²) in [5, 5.41) is 22.5. The Labute approximate surface area is 177 Å². The molecule has 2 aromatic carbocycles. The number of amidine groups is 1. The third kappa shape index (κ3) is 5.22. The summed E-state index contributed by atoms with van der Waals surface area (Å²) in [4.78, 5) is 41.8. The Kier molecular flexibility index (Phi) is 7.15. The number of nitro benzene ring substituents is 1. The Hall–Kier alpha value is -3.24. The lowest BCUT2D eigenvalue weighted by Gasteiger charge is -2.15. The highest BCUT2D eigenvalue weighted by Crippen LogP contribution is 2.32. The molecule has 0 aromatic heterocycles. The van der Waals surface area contributed by atoms with Crippen LogP contribution < -0.4 is 5.32 Å². The highest BCUT2D eigenvalue weighted by Gasteiger charge is 2.39. The van der Waals surface area contributed by atoms with Crippen LogP contribution in [0.4, 0.5) is 17.1 Å². The van der Waals surface area contributed by atoms with E-state index in [1.165, 1.54) is 34.9 Å². The molecule has 0 saturated carbocycles. The first-order chi connectivity index (χ1) is 14.5. The quantitative estimate of drug-likeness (QED) is 0.492. The number of rotatable bonds is 8. The van der Waals surface area contributed by atoms with Gasteiger partial charge in [-0.05, 0) is 24.6 Å². The number of hydrogen-bond donors (Lipinski definition) is 2. The van der Waals surface area contributed by atoms with Crippen LogP contribution >= 0.6 is 11.8 Å². The summed E-state index contributed by atoms with van der Waals surface area (Å²) in [6, 6.07) is 15.0. The second-order valence-corrected chi connectivity index (χ2v) is 7.60. The van der Waals surface area contributed by atoms with E-state index in [-0.39, 0.29) is 36.9 Å². The molecule has 1 fully saturated rings. The zero-order valence-electron chi connectivity index (χ0n) is 15.9. The number of benzene rings is 2. The van der Waals surface area contributed by atoms with Crippen LogP contribution in [0.1, 0.15) is 12.8 Å². The molecule has 1 aliphatic rings. The smallest absolute Gasteiger partial charge is 0.292 e. The maximum absolute atomic E-state index is 12.8. The van der Waals surface area contributed by atoms with Gasteiger partial charge < -0.3 is 10.4 Å². The van der Waals surface area contributed by atoms with E-state index >= 15 is 0 Å². The van der Waals surface area contributed by atoms with E-state index in [4.69, 9.17) is 5.11 Å². The second kappa shape index (κ2) is 9.99. The van der Waals surface area contributed by atoms with Crippen LogP contribution in [-0.4, -0.2) is 50.3 Å². The number of nitrogens with one attached hydrogen (secondary N) is 1. The van der Waals surface area contributed by atoms with Gasteiger partial charge in [0.2, 0.25) is 11.8 Å². The molecule has 1 aliphatic heterocycles. The highest BCUT2D eigenvalue weighted by atomic mass is 32.2. The third-order valence-electron chi connectivity index (χ3n) is 4.29. The molecule has 2 amide bonds. The molecular formula is C20H20N4O5S. The summed E-state index contributed by atoms with van der Waals surface area (Å²) in [5.41, 5.74) is 0.539. The van der Waals surface area contributed by atoms with E-state index in [9.17, 15) is 19.7 Å². The third-order valence-corrected chi connectivity index (χ3v) is 5.46. The first-order valence-electron chi connectivity index (χ1n) is 9.25. The minimum Gasteiger partial charge on any atom is -0.396 e. The lowest BCUT2D eigenvalue weighted by atomic mass is 10.2. The summed E-state index contributed by atoms with van der Waals surface area (Å²) < 4.78 is 0. The molecule has 2 aromatic rings. The van der Waals surface area contributed by atoms with Gasteiger partial charge in [-0.3, -0.25) is 24.6 Å². The number of aliphatic imine (C=N–C) groups is 1. The fourth-order valence-corrected chi connectivity index (χ4v) is 4.06. The maximum atomic E-state index is 12.8. The first kappa shape index (κ1) is 21.5. The SMILES string of the molecule is O=C(CC1SC(=Nc2ccccc2)N(CCCO)C1=O)Nc1ccccc1[N+](=O)[O-]. The number of nitro groups is 1. The number of nitrogens with zero attached hydrogens (tertiary/aromatic N) is 3. The summed E-state index contributed by atoms with van der Waals surface area (Å²) in [6.07, 6.45) is 0.230. The van der Waals surface area contributed by atoms with E-state index in [1.54, 1.807) is 18.2 Å². The minimum atomic E-state index is -0.700. The Morgan fingerprint density at radius 2 is 1.90 bits per heavy atom. The highest BCUT2D eigenvalue weighted by molar-refractivity contribution is 8.15. The van der Waals surface area contributed by atoms with Crippen LogP contribution in [0.2, 0.25) is 0 Å². The van der Waals surface area contributed by atoms with Crippen molar-refractivity contribution in [3.05, 3.63) is 64.7 Å². The number of aliphatic hydroxyl groups excluding tert-OH is 1. The number of aliphatic hydroxyl groups is 1. The van der Waals surface area contributed by atoms with Gasteiger partial charge in [0.25, 0.3) is 5.69 Å². The molecule has 3 rings (SSSR count). The van der Waals surface area contributed by atoms with Gasteiger partial charge in [-0.1, -0.05) is 42.1 Å². The predicted octanol–water partition coefficient (Wildman–Crippen LogP) is 2.94. The van der Waals surface area contributed by atoms with Crippen molar-refractivity contribution in [2.75, 3.05) is 18.5 Å². The monoisotopic (exact) mass is 428 g/mol. The molecule has 0 bridgehead atoms.